The second kappa shape index (κ2) is 8.30. The molecule has 160 valence electrons. The first-order valence-corrected chi connectivity index (χ1v) is 9.93. The molecule has 0 aliphatic carbocycles. The molecule has 2 aromatic rings. The van der Waals surface area contributed by atoms with Crippen LogP contribution in [0.15, 0.2) is 35.1 Å². The summed E-state index contributed by atoms with van der Waals surface area (Å²) in [4.78, 5) is 44.1. The molecule has 1 atom stereocenters. The van der Waals surface area contributed by atoms with E-state index in [4.69, 9.17) is 9.47 Å². The van der Waals surface area contributed by atoms with Crippen LogP contribution in [0.5, 0.6) is 5.75 Å². The van der Waals surface area contributed by atoms with Crippen molar-refractivity contribution in [2.75, 3.05) is 6.54 Å². The molecule has 1 amide bonds. The number of ether oxygens (including phenoxy) is 2. The Morgan fingerprint density at radius 2 is 1.83 bits per heavy atom. The van der Waals surface area contributed by atoms with E-state index >= 15 is 0 Å². The van der Waals surface area contributed by atoms with Crippen molar-refractivity contribution in [1.82, 2.24) is 14.5 Å². The number of carbonyl (C=O) groups is 2. The van der Waals surface area contributed by atoms with Crippen molar-refractivity contribution in [2.45, 2.75) is 52.2 Å². The predicted molar refractivity (Wildman–Crippen MR) is 111 cm³/mol. The highest BCUT2D eigenvalue weighted by Crippen LogP contribution is 2.32. The topological polar surface area (TPSA) is 90.7 Å². The molecule has 0 radical (unpaired) electrons. The van der Waals surface area contributed by atoms with Crippen LogP contribution < -0.4 is 10.3 Å². The highest BCUT2D eigenvalue weighted by molar-refractivity contribution is 5.91. The SMILES string of the molecule is Cc1nc(C2CCCN2C(=O)OC(C)(C)C)n(C)c(=O)c1OC(=O)c1ccccc1. The molecule has 0 bridgehead atoms. The molecule has 1 saturated heterocycles. The van der Waals surface area contributed by atoms with Crippen molar-refractivity contribution >= 4 is 12.1 Å². The summed E-state index contributed by atoms with van der Waals surface area (Å²) in [5, 5.41) is 0. The Balaban J connectivity index is 1.90. The second-order valence-corrected chi connectivity index (χ2v) is 8.34. The Hall–Kier alpha value is -3.16. The van der Waals surface area contributed by atoms with Crippen molar-refractivity contribution in [3.05, 3.63) is 57.8 Å². The standard InChI is InChI=1S/C22H27N3O5/c1-14-17(29-20(27)15-10-7-6-8-11-15)19(26)24(5)18(23-14)16-12-9-13-25(16)21(28)30-22(2,3)4/h6-8,10-11,16H,9,12-13H2,1-5H3. The summed E-state index contributed by atoms with van der Waals surface area (Å²) in [5.41, 5.74) is -0.448. The molecule has 1 aromatic carbocycles. The first-order valence-electron chi connectivity index (χ1n) is 9.93. The van der Waals surface area contributed by atoms with E-state index in [0.717, 1.165) is 6.42 Å². The van der Waals surface area contributed by atoms with Gasteiger partial charge >= 0.3 is 12.1 Å². The van der Waals surface area contributed by atoms with Gasteiger partial charge in [0, 0.05) is 13.6 Å². The molecule has 0 N–H and O–H groups in total. The highest BCUT2D eigenvalue weighted by atomic mass is 16.6. The molecule has 8 heteroatoms. The number of benzene rings is 1. The number of amides is 1. The summed E-state index contributed by atoms with van der Waals surface area (Å²) in [6, 6.07) is 8.07. The fourth-order valence-corrected chi connectivity index (χ4v) is 3.42. The first kappa shape index (κ1) is 21.5. The third-order valence-electron chi connectivity index (χ3n) is 4.84. The second-order valence-electron chi connectivity index (χ2n) is 8.34. The van der Waals surface area contributed by atoms with E-state index in [9.17, 15) is 14.4 Å². The largest absolute Gasteiger partial charge is 0.444 e. The number of hydrogen-bond donors (Lipinski definition) is 0. The lowest BCUT2D eigenvalue weighted by Gasteiger charge is -2.29. The predicted octanol–water partition coefficient (Wildman–Crippen LogP) is 3.38. The minimum Gasteiger partial charge on any atom is -0.444 e. The molecule has 0 spiro atoms. The maximum atomic E-state index is 13.0. The maximum Gasteiger partial charge on any atom is 0.410 e. The molecular weight excluding hydrogens is 386 g/mol. The summed E-state index contributed by atoms with van der Waals surface area (Å²) < 4.78 is 12.2. The zero-order chi connectivity index (χ0) is 22.1. The van der Waals surface area contributed by atoms with Crippen LogP contribution in [0.4, 0.5) is 4.79 Å². The lowest BCUT2D eigenvalue weighted by molar-refractivity contribution is 0.0215. The summed E-state index contributed by atoms with van der Waals surface area (Å²) >= 11 is 0. The monoisotopic (exact) mass is 413 g/mol. The van der Waals surface area contributed by atoms with E-state index in [2.05, 4.69) is 4.98 Å². The molecule has 1 aliphatic rings. The van der Waals surface area contributed by atoms with E-state index in [1.165, 1.54) is 4.57 Å². The molecule has 0 saturated carbocycles. The smallest absolute Gasteiger partial charge is 0.410 e. The maximum absolute atomic E-state index is 13.0. The fraction of sp³-hybridized carbons (Fsp3) is 0.455. The van der Waals surface area contributed by atoms with Gasteiger partial charge in [-0.1, -0.05) is 18.2 Å². The van der Waals surface area contributed by atoms with Crippen LogP contribution in [0.25, 0.3) is 0 Å². The number of likely N-dealkylation sites (tertiary alicyclic amines) is 1. The highest BCUT2D eigenvalue weighted by Gasteiger charge is 2.36. The Morgan fingerprint density at radius 1 is 1.17 bits per heavy atom. The minimum absolute atomic E-state index is 0.114. The van der Waals surface area contributed by atoms with Crippen molar-refractivity contribution in [1.29, 1.82) is 0 Å². The van der Waals surface area contributed by atoms with Gasteiger partial charge in [-0.25, -0.2) is 14.6 Å². The van der Waals surface area contributed by atoms with Gasteiger partial charge < -0.3 is 9.47 Å². The Morgan fingerprint density at radius 3 is 2.47 bits per heavy atom. The Kier molecular flexibility index (Phi) is 5.96. The van der Waals surface area contributed by atoms with Crippen LogP contribution in [-0.4, -0.2) is 38.7 Å². The third kappa shape index (κ3) is 4.53. The number of aryl methyl sites for hydroxylation is 1. The van der Waals surface area contributed by atoms with Crippen molar-refractivity contribution in [3.8, 4) is 5.75 Å². The van der Waals surface area contributed by atoms with Gasteiger partial charge in [0.05, 0.1) is 17.3 Å². The summed E-state index contributed by atoms with van der Waals surface area (Å²) in [5.74, 6) is -0.293. The van der Waals surface area contributed by atoms with Crippen molar-refractivity contribution < 1.29 is 19.1 Å². The van der Waals surface area contributed by atoms with E-state index in [0.29, 0.717) is 30.0 Å². The quantitative estimate of drug-likeness (QED) is 0.717. The Labute approximate surface area is 175 Å². The van der Waals surface area contributed by atoms with Crippen LogP contribution in [0.2, 0.25) is 0 Å². The van der Waals surface area contributed by atoms with Crippen LogP contribution in [0.1, 0.15) is 61.5 Å². The van der Waals surface area contributed by atoms with Crippen LogP contribution in [0.3, 0.4) is 0 Å². The van der Waals surface area contributed by atoms with Gasteiger partial charge in [0.2, 0.25) is 5.75 Å². The number of carbonyl (C=O) groups excluding carboxylic acids is 2. The molecule has 1 aromatic heterocycles. The van der Waals surface area contributed by atoms with E-state index in [1.54, 1.807) is 49.2 Å². The molecule has 1 aliphatic heterocycles. The zero-order valence-corrected chi connectivity index (χ0v) is 18.0. The number of aromatic nitrogens is 2. The van der Waals surface area contributed by atoms with E-state index in [-0.39, 0.29) is 11.8 Å². The number of esters is 1. The molecule has 8 nitrogen and oxygen atoms in total. The van der Waals surface area contributed by atoms with Gasteiger partial charge in [-0.3, -0.25) is 14.3 Å². The van der Waals surface area contributed by atoms with Gasteiger partial charge in [-0.05, 0) is 52.7 Å². The third-order valence-corrected chi connectivity index (χ3v) is 4.84. The first-order chi connectivity index (χ1) is 14.1. The van der Waals surface area contributed by atoms with E-state index in [1.807, 2.05) is 20.8 Å². The van der Waals surface area contributed by atoms with E-state index < -0.39 is 23.2 Å². The van der Waals surface area contributed by atoms with Gasteiger partial charge in [-0.2, -0.15) is 0 Å². The van der Waals surface area contributed by atoms with Crippen molar-refractivity contribution in [3.63, 3.8) is 0 Å². The Bertz CT molecular complexity index is 1010. The lowest BCUT2D eigenvalue weighted by Crippen LogP contribution is -2.39. The summed E-state index contributed by atoms with van der Waals surface area (Å²) in [7, 11) is 1.57. The zero-order valence-electron chi connectivity index (χ0n) is 18.0. The van der Waals surface area contributed by atoms with Crippen LogP contribution >= 0.6 is 0 Å². The summed E-state index contributed by atoms with van der Waals surface area (Å²) in [6.07, 6.45) is 1.02. The summed E-state index contributed by atoms with van der Waals surface area (Å²) in [6.45, 7) is 7.57. The van der Waals surface area contributed by atoms with Crippen molar-refractivity contribution in [2.24, 2.45) is 7.05 Å². The fourth-order valence-electron chi connectivity index (χ4n) is 3.42. The van der Waals surface area contributed by atoms with Crippen LogP contribution in [0, 0.1) is 6.92 Å². The molecular formula is C22H27N3O5. The van der Waals surface area contributed by atoms with Gasteiger partial charge in [0.1, 0.15) is 11.4 Å². The number of nitrogens with zero attached hydrogens (tertiary/aromatic N) is 3. The van der Waals surface area contributed by atoms with Crippen LogP contribution in [-0.2, 0) is 11.8 Å². The van der Waals surface area contributed by atoms with Gasteiger partial charge in [0.15, 0.2) is 0 Å². The number of rotatable bonds is 3. The van der Waals surface area contributed by atoms with Gasteiger partial charge in [-0.15, -0.1) is 0 Å². The van der Waals surface area contributed by atoms with Gasteiger partial charge in [0.25, 0.3) is 5.56 Å². The molecule has 30 heavy (non-hydrogen) atoms. The number of hydrogen-bond acceptors (Lipinski definition) is 6. The lowest BCUT2D eigenvalue weighted by atomic mass is 10.2. The normalized spacial score (nSPS) is 16.4. The average molecular weight is 413 g/mol. The molecule has 2 heterocycles. The average Bonchev–Trinajstić information content (AvgIpc) is 3.17. The molecule has 3 rings (SSSR count). The molecule has 1 unspecified atom stereocenters. The molecule has 1 fully saturated rings. The minimum atomic E-state index is -0.624.